The molecular formula is C29H34N2O6. The maximum Gasteiger partial charge on any atom is 0.295 e. The predicted octanol–water partition coefficient (Wildman–Crippen LogP) is 3.55. The van der Waals surface area contributed by atoms with Crippen LogP contribution in [0.2, 0.25) is 0 Å². The van der Waals surface area contributed by atoms with Crippen molar-refractivity contribution in [2.75, 3.05) is 46.0 Å². The Kier molecular flexibility index (Phi) is 7.48. The molecule has 0 aliphatic carbocycles. The molecule has 0 unspecified atom stereocenters. The van der Waals surface area contributed by atoms with Gasteiger partial charge in [-0.25, -0.2) is 0 Å². The molecule has 2 aromatic carbocycles. The molecule has 196 valence electrons. The van der Waals surface area contributed by atoms with Gasteiger partial charge in [-0.15, -0.1) is 0 Å². The number of ketones is 1. The van der Waals surface area contributed by atoms with Crippen LogP contribution in [0, 0.1) is 0 Å². The zero-order chi connectivity index (χ0) is 25.9. The van der Waals surface area contributed by atoms with E-state index in [-0.39, 0.29) is 17.4 Å². The molecule has 2 atom stereocenters. The number of ether oxygens (including phenoxy) is 3. The Balaban J connectivity index is 1.47. The Morgan fingerprint density at radius 3 is 2.57 bits per heavy atom. The first-order valence-corrected chi connectivity index (χ1v) is 13.1. The standard InChI is InChI=1S/C29H34N2O6/c1-3-36-23-8-5-20(6-9-23)26-25(27(32)21-7-10-24-22(18-21)17-19(2)37-24)28(33)29(34)31(26)12-4-11-30-13-15-35-16-14-30/h5-10,18-19,26,32H,3-4,11-17H2,1-2H3/t19-,26-/m1/s1. The van der Waals surface area contributed by atoms with Crippen molar-refractivity contribution in [3.8, 4) is 11.5 Å². The Morgan fingerprint density at radius 1 is 1.08 bits per heavy atom. The number of fused-ring (bicyclic) bond motifs is 1. The third-order valence-electron chi connectivity index (χ3n) is 7.19. The number of carbonyl (C=O) groups is 2. The summed E-state index contributed by atoms with van der Waals surface area (Å²) in [4.78, 5) is 30.5. The first-order valence-electron chi connectivity index (χ1n) is 13.1. The molecule has 0 spiro atoms. The molecular weight excluding hydrogens is 472 g/mol. The molecule has 0 aromatic heterocycles. The van der Waals surface area contributed by atoms with Crippen molar-refractivity contribution >= 4 is 17.4 Å². The van der Waals surface area contributed by atoms with Gasteiger partial charge < -0.3 is 24.2 Å². The van der Waals surface area contributed by atoms with E-state index in [1.165, 1.54) is 0 Å². The molecule has 37 heavy (non-hydrogen) atoms. The summed E-state index contributed by atoms with van der Waals surface area (Å²) < 4.78 is 16.8. The number of hydrogen-bond donors (Lipinski definition) is 1. The lowest BCUT2D eigenvalue weighted by atomic mass is 9.94. The normalized spacial score (nSPS) is 23.2. The molecule has 3 aliphatic heterocycles. The van der Waals surface area contributed by atoms with Crippen molar-refractivity contribution in [1.29, 1.82) is 0 Å². The molecule has 0 radical (unpaired) electrons. The van der Waals surface area contributed by atoms with Crippen LogP contribution in [0.1, 0.15) is 43.0 Å². The smallest absolute Gasteiger partial charge is 0.295 e. The molecule has 5 rings (SSSR count). The summed E-state index contributed by atoms with van der Waals surface area (Å²) in [7, 11) is 0. The number of Topliss-reactive ketones (excluding diaryl/α,β-unsaturated/α-hetero) is 1. The second-order valence-corrected chi connectivity index (χ2v) is 9.76. The summed E-state index contributed by atoms with van der Waals surface area (Å²) in [6.07, 6.45) is 1.51. The Hall–Kier alpha value is -3.36. The number of aliphatic hydroxyl groups is 1. The fraction of sp³-hybridized carbons (Fsp3) is 0.448. The van der Waals surface area contributed by atoms with Crippen molar-refractivity contribution in [1.82, 2.24) is 9.80 Å². The Bertz CT molecular complexity index is 1190. The number of aliphatic hydroxyl groups excluding tert-OH is 1. The summed E-state index contributed by atoms with van der Waals surface area (Å²) in [5, 5.41) is 11.4. The lowest BCUT2D eigenvalue weighted by Gasteiger charge is -2.29. The van der Waals surface area contributed by atoms with E-state index >= 15 is 0 Å². The van der Waals surface area contributed by atoms with E-state index < -0.39 is 17.7 Å². The van der Waals surface area contributed by atoms with Crippen LogP contribution in [0.5, 0.6) is 11.5 Å². The number of nitrogens with zero attached hydrogens (tertiary/aromatic N) is 2. The first-order chi connectivity index (χ1) is 18.0. The first kappa shape index (κ1) is 25.3. The minimum Gasteiger partial charge on any atom is -0.507 e. The molecule has 8 heteroatoms. The van der Waals surface area contributed by atoms with Crippen molar-refractivity contribution in [2.24, 2.45) is 0 Å². The van der Waals surface area contributed by atoms with Gasteiger partial charge >= 0.3 is 0 Å². The SMILES string of the molecule is CCOc1ccc([C@@H]2C(=C(O)c3ccc4c(c3)C[C@@H](C)O4)C(=O)C(=O)N2CCCN2CCOCC2)cc1. The third-order valence-corrected chi connectivity index (χ3v) is 7.19. The van der Waals surface area contributed by atoms with E-state index in [1.54, 1.807) is 11.0 Å². The van der Waals surface area contributed by atoms with E-state index in [4.69, 9.17) is 14.2 Å². The molecule has 2 fully saturated rings. The molecule has 8 nitrogen and oxygen atoms in total. The number of amides is 1. The lowest BCUT2D eigenvalue weighted by molar-refractivity contribution is -0.140. The highest BCUT2D eigenvalue weighted by Gasteiger charge is 2.46. The van der Waals surface area contributed by atoms with Crippen LogP contribution in [-0.4, -0.2) is 78.7 Å². The molecule has 1 N–H and O–H groups in total. The largest absolute Gasteiger partial charge is 0.507 e. The zero-order valence-electron chi connectivity index (χ0n) is 21.4. The highest BCUT2D eigenvalue weighted by molar-refractivity contribution is 6.46. The summed E-state index contributed by atoms with van der Waals surface area (Å²) in [5.74, 6) is 0.0996. The van der Waals surface area contributed by atoms with Gasteiger partial charge in [0.15, 0.2) is 0 Å². The van der Waals surface area contributed by atoms with E-state index in [0.717, 1.165) is 42.9 Å². The van der Waals surface area contributed by atoms with Gasteiger partial charge in [0.1, 0.15) is 23.4 Å². The van der Waals surface area contributed by atoms with Crippen LogP contribution < -0.4 is 9.47 Å². The molecule has 3 aliphatic rings. The predicted molar refractivity (Wildman–Crippen MR) is 139 cm³/mol. The minimum absolute atomic E-state index is 0.0632. The number of hydrogen-bond acceptors (Lipinski definition) is 7. The van der Waals surface area contributed by atoms with Crippen molar-refractivity contribution in [3.05, 3.63) is 64.7 Å². The Labute approximate surface area is 217 Å². The maximum absolute atomic E-state index is 13.3. The topological polar surface area (TPSA) is 88.5 Å². The van der Waals surface area contributed by atoms with Gasteiger partial charge in [0.25, 0.3) is 11.7 Å². The van der Waals surface area contributed by atoms with Crippen molar-refractivity contribution in [2.45, 2.75) is 38.8 Å². The van der Waals surface area contributed by atoms with E-state index in [2.05, 4.69) is 4.90 Å². The van der Waals surface area contributed by atoms with Gasteiger partial charge in [-0.05, 0) is 61.7 Å². The molecule has 3 heterocycles. The van der Waals surface area contributed by atoms with E-state index in [9.17, 15) is 14.7 Å². The molecule has 0 saturated carbocycles. The fourth-order valence-corrected chi connectivity index (χ4v) is 5.38. The zero-order valence-corrected chi connectivity index (χ0v) is 21.4. The van der Waals surface area contributed by atoms with E-state index in [1.807, 2.05) is 50.2 Å². The maximum atomic E-state index is 13.3. The second kappa shape index (κ2) is 10.9. The van der Waals surface area contributed by atoms with Gasteiger partial charge in [-0.2, -0.15) is 0 Å². The second-order valence-electron chi connectivity index (χ2n) is 9.76. The van der Waals surface area contributed by atoms with Crippen molar-refractivity contribution < 1.29 is 28.9 Å². The molecule has 1 amide bonds. The number of morpholine rings is 1. The molecule has 0 bridgehead atoms. The highest BCUT2D eigenvalue weighted by atomic mass is 16.5. The van der Waals surface area contributed by atoms with Crippen LogP contribution in [-0.2, 0) is 20.7 Å². The van der Waals surface area contributed by atoms with Gasteiger partial charge in [0, 0.05) is 38.2 Å². The average Bonchev–Trinajstić information content (AvgIpc) is 3.40. The number of benzene rings is 2. The van der Waals surface area contributed by atoms with Crippen LogP contribution in [0.3, 0.4) is 0 Å². The quantitative estimate of drug-likeness (QED) is 0.333. The van der Waals surface area contributed by atoms with Crippen LogP contribution in [0.25, 0.3) is 5.76 Å². The average molecular weight is 507 g/mol. The number of rotatable bonds is 8. The fourth-order valence-electron chi connectivity index (χ4n) is 5.38. The highest BCUT2D eigenvalue weighted by Crippen LogP contribution is 2.41. The number of likely N-dealkylation sites (tertiary alicyclic amines) is 1. The molecule has 2 aromatic rings. The molecule has 2 saturated heterocycles. The summed E-state index contributed by atoms with van der Waals surface area (Å²) in [6, 6.07) is 12.1. The minimum atomic E-state index is -0.677. The van der Waals surface area contributed by atoms with Gasteiger partial charge in [-0.1, -0.05) is 12.1 Å². The van der Waals surface area contributed by atoms with Crippen molar-refractivity contribution in [3.63, 3.8) is 0 Å². The monoisotopic (exact) mass is 506 g/mol. The Morgan fingerprint density at radius 2 is 1.84 bits per heavy atom. The van der Waals surface area contributed by atoms with Crippen LogP contribution in [0.15, 0.2) is 48.0 Å². The number of carbonyl (C=O) groups excluding carboxylic acids is 2. The lowest BCUT2D eigenvalue weighted by Crippen LogP contribution is -2.38. The van der Waals surface area contributed by atoms with Gasteiger partial charge in [-0.3, -0.25) is 14.5 Å². The third kappa shape index (κ3) is 5.22. The van der Waals surface area contributed by atoms with Crippen LogP contribution >= 0.6 is 0 Å². The summed E-state index contributed by atoms with van der Waals surface area (Å²) in [5.41, 5.74) is 2.37. The van der Waals surface area contributed by atoms with E-state index in [0.29, 0.717) is 44.1 Å². The van der Waals surface area contributed by atoms with Crippen LogP contribution in [0.4, 0.5) is 0 Å². The summed E-state index contributed by atoms with van der Waals surface area (Å²) >= 11 is 0. The summed E-state index contributed by atoms with van der Waals surface area (Å²) in [6.45, 7) is 8.82. The van der Waals surface area contributed by atoms with Gasteiger partial charge in [0.05, 0.1) is 31.4 Å². The van der Waals surface area contributed by atoms with Gasteiger partial charge in [0.2, 0.25) is 0 Å².